The first-order valence-electron chi connectivity index (χ1n) is 4.09. The van der Waals surface area contributed by atoms with E-state index in [1.165, 1.54) is 6.92 Å². The first-order valence-corrected chi connectivity index (χ1v) is 4.09. The molecule has 0 saturated carbocycles. The van der Waals surface area contributed by atoms with E-state index in [1.807, 2.05) is 0 Å². The summed E-state index contributed by atoms with van der Waals surface area (Å²) in [4.78, 5) is 11.1. The van der Waals surface area contributed by atoms with Gasteiger partial charge in [-0.25, -0.2) is 18.0 Å². The summed E-state index contributed by atoms with van der Waals surface area (Å²) < 4.78 is 43.1. The number of hydrogen-bond acceptors (Lipinski definition) is 3. The number of rotatable bonds is 2. The molecule has 0 atom stereocenters. The van der Waals surface area contributed by atoms with Crippen LogP contribution in [0.3, 0.4) is 0 Å². The predicted octanol–water partition coefficient (Wildman–Crippen LogP) is 1.86. The van der Waals surface area contributed by atoms with Gasteiger partial charge in [-0.2, -0.15) is 0 Å². The molecule has 0 heterocycles. The Morgan fingerprint density at radius 3 is 2.53 bits per heavy atom. The van der Waals surface area contributed by atoms with E-state index in [4.69, 9.17) is 5.73 Å². The van der Waals surface area contributed by atoms with Gasteiger partial charge >= 0.3 is 5.97 Å². The molecule has 0 aliphatic heterocycles. The van der Waals surface area contributed by atoms with Crippen LogP contribution in [0, 0.1) is 17.5 Å². The summed E-state index contributed by atoms with van der Waals surface area (Å²) in [6.45, 7) is 1.43. The summed E-state index contributed by atoms with van der Waals surface area (Å²) in [6, 6.07) is 0.271. The molecule has 0 spiro atoms. The summed E-state index contributed by atoms with van der Waals surface area (Å²) in [6.07, 6.45) is 0. The average Bonchev–Trinajstić information content (AvgIpc) is 2.16. The third kappa shape index (κ3) is 2.03. The Morgan fingerprint density at radius 1 is 1.40 bits per heavy atom. The van der Waals surface area contributed by atoms with Crippen molar-refractivity contribution in [3.05, 3.63) is 29.1 Å². The zero-order chi connectivity index (χ0) is 11.6. The van der Waals surface area contributed by atoms with E-state index in [9.17, 15) is 18.0 Å². The van der Waals surface area contributed by atoms with Crippen LogP contribution in [0.4, 0.5) is 18.9 Å². The zero-order valence-electron chi connectivity index (χ0n) is 7.81. The topological polar surface area (TPSA) is 52.3 Å². The lowest BCUT2D eigenvalue weighted by molar-refractivity contribution is 0.0520. The van der Waals surface area contributed by atoms with E-state index < -0.39 is 34.7 Å². The van der Waals surface area contributed by atoms with Crippen LogP contribution >= 0.6 is 0 Å². The average molecular weight is 219 g/mol. The number of benzene rings is 1. The first kappa shape index (κ1) is 11.4. The van der Waals surface area contributed by atoms with Crippen LogP contribution in [0.2, 0.25) is 0 Å². The van der Waals surface area contributed by atoms with Crippen LogP contribution < -0.4 is 5.73 Å². The number of esters is 1. The second-order valence-electron chi connectivity index (χ2n) is 2.66. The number of nitrogen functional groups attached to an aromatic ring is 1. The summed E-state index contributed by atoms with van der Waals surface area (Å²) in [5, 5.41) is 0. The molecule has 82 valence electrons. The lowest BCUT2D eigenvalue weighted by Crippen LogP contribution is -2.13. The molecule has 6 heteroatoms. The Balaban J connectivity index is 3.32. The van der Waals surface area contributed by atoms with Crippen LogP contribution in [0.5, 0.6) is 0 Å². The van der Waals surface area contributed by atoms with Gasteiger partial charge < -0.3 is 10.5 Å². The molecular weight excluding hydrogens is 211 g/mol. The van der Waals surface area contributed by atoms with Crippen molar-refractivity contribution in [2.24, 2.45) is 0 Å². The van der Waals surface area contributed by atoms with Crippen molar-refractivity contribution in [2.75, 3.05) is 12.3 Å². The number of ether oxygens (including phenoxy) is 1. The molecule has 0 unspecified atom stereocenters. The molecule has 0 amide bonds. The van der Waals surface area contributed by atoms with Crippen LogP contribution in [-0.2, 0) is 4.74 Å². The monoisotopic (exact) mass is 219 g/mol. The molecule has 15 heavy (non-hydrogen) atoms. The molecule has 1 aromatic rings. The number of halogens is 3. The maximum absolute atomic E-state index is 13.1. The molecule has 1 rings (SSSR count). The summed E-state index contributed by atoms with van der Waals surface area (Å²) >= 11 is 0. The number of nitrogens with two attached hydrogens (primary N) is 1. The van der Waals surface area contributed by atoms with E-state index in [-0.39, 0.29) is 12.7 Å². The Morgan fingerprint density at radius 2 is 2.00 bits per heavy atom. The predicted molar refractivity (Wildman–Crippen MR) is 46.7 cm³/mol. The smallest absolute Gasteiger partial charge is 0.343 e. The van der Waals surface area contributed by atoms with Gasteiger partial charge in [-0.05, 0) is 6.92 Å². The van der Waals surface area contributed by atoms with E-state index in [0.717, 1.165) is 0 Å². The highest BCUT2D eigenvalue weighted by Gasteiger charge is 2.23. The summed E-state index contributed by atoms with van der Waals surface area (Å²) in [5.74, 6) is -5.38. The van der Waals surface area contributed by atoms with Crippen molar-refractivity contribution >= 4 is 11.7 Å². The molecule has 3 nitrogen and oxygen atoms in total. The molecule has 0 saturated heterocycles. The van der Waals surface area contributed by atoms with Crippen LogP contribution in [0.25, 0.3) is 0 Å². The fraction of sp³-hybridized carbons (Fsp3) is 0.222. The Kier molecular flexibility index (Phi) is 3.18. The van der Waals surface area contributed by atoms with Gasteiger partial charge in [-0.15, -0.1) is 0 Å². The van der Waals surface area contributed by atoms with Gasteiger partial charge in [0.2, 0.25) is 0 Å². The minimum atomic E-state index is -1.51. The Bertz CT molecular complexity index is 381. The molecule has 0 aliphatic carbocycles. The molecule has 0 bridgehead atoms. The van der Waals surface area contributed by atoms with Gasteiger partial charge in [-0.3, -0.25) is 0 Å². The minimum absolute atomic E-state index is 0.0458. The molecule has 0 aromatic heterocycles. The lowest BCUT2D eigenvalue weighted by Gasteiger charge is -2.07. The lowest BCUT2D eigenvalue weighted by atomic mass is 10.1. The SMILES string of the molecule is CCOC(=O)c1c(N)c(F)cc(F)c1F. The number of carbonyl (C=O) groups excluding carboxylic acids is 1. The largest absolute Gasteiger partial charge is 0.462 e. The van der Waals surface area contributed by atoms with Gasteiger partial charge in [0.15, 0.2) is 11.6 Å². The number of carbonyl (C=O) groups is 1. The highest BCUT2D eigenvalue weighted by molar-refractivity contribution is 5.95. The molecule has 2 N–H and O–H groups in total. The Hall–Kier alpha value is -1.72. The van der Waals surface area contributed by atoms with Crippen LogP contribution in [0.15, 0.2) is 6.07 Å². The zero-order valence-corrected chi connectivity index (χ0v) is 7.81. The highest BCUT2D eigenvalue weighted by atomic mass is 19.2. The van der Waals surface area contributed by atoms with E-state index >= 15 is 0 Å². The summed E-state index contributed by atoms with van der Waals surface area (Å²) in [5.41, 5.74) is 3.44. The maximum Gasteiger partial charge on any atom is 0.343 e. The van der Waals surface area contributed by atoms with Crippen molar-refractivity contribution in [1.29, 1.82) is 0 Å². The van der Waals surface area contributed by atoms with Crippen molar-refractivity contribution < 1.29 is 22.7 Å². The van der Waals surface area contributed by atoms with Gasteiger partial charge in [0.25, 0.3) is 0 Å². The first-order chi connectivity index (χ1) is 6.99. The number of hydrogen-bond donors (Lipinski definition) is 1. The molecule has 0 radical (unpaired) electrons. The minimum Gasteiger partial charge on any atom is -0.462 e. The van der Waals surface area contributed by atoms with Crippen LogP contribution in [-0.4, -0.2) is 12.6 Å². The fourth-order valence-electron chi connectivity index (χ4n) is 1.01. The molecule has 0 fully saturated rings. The van der Waals surface area contributed by atoms with E-state index in [1.54, 1.807) is 0 Å². The van der Waals surface area contributed by atoms with E-state index in [0.29, 0.717) is 0 Å². The second kappa shape index (κ2) is 4.20. The Labute approximate surface area is 83.6 Å². The standard InChI is InChI=1S/C9H8F3NO2/c1-2-15-9(14)6-7(12)4(10)3-5(11)8(6)13/h3H,2,13H2,1H3. The van der Waals surface area contributed by atoms with Gasteiger partial charge in [0, 0.05) is 6.07 Å². The van der Waals surface area contributed by atoms with Crippen molar-refractivity contribution in [3.63, 3.8) is 0 Å². The molecule has 0 aliphatic rings. The molecule has 1 aromatic carbocycles. The third-order valence-corrected chi connectivity index (χ3v) is 1.69. The van der Waals surface area contributed by atoms with Crippen molar-refractivity contribution in [1.82, 2.24) is 0 Å². The van der Waals surface area contributed by atoms with Gasteiger partial charge in [0.1, 0.15) is 11.4 Å². The number of anilines is 1. The molecular formula is C9H8F3NO2. The second-order valence-corrected chi connectivity index (χ2v) is 2.66. The maximum atomic E-state index is 13.1. The normalized spacial score (nSPS) is 10.1. The van der Waals surface area contributed by atoms with Gasteiger partial charge in [-0.1, -0.05) is 0 Å². The summed E-state index contributed by atoms with van der Waals surface area (Å²) in [7, 11) is 0. The van der Waals surface area contributed by atoms with Crippen molar-refractivity contribution in [3.8, 4) is 0 Å². The highest BCUT2D eigenvalue weighted by Crippen LogP contribution is 2.23. The van der Waals surface area contributed by atoms with Crippen molar-refractivity contribution in [2.45, 2.75) is 6.92 Å². The third-order valence-electron chi connectivity index (χ3n) is 1.69. The quantitative estimate of drug-likeness (QED) is 0.469. The van der Waals surface area contributed by atoms with Gasteiger partial charge in [0.05, 0.1) is 12.3 Å². The van der Waals surface area contributed by atoms with Crippen LogP contribution in [0.1, 0.15) is 17.3 Å². The van der Waals surface area contributed by atoms with E-state index in [2.05, 4.69) is 4.74 Å². The fourth-order valence-corrected chi connectivity index (χ4v) is 1.01.